The number of hydrogen-bond donors (Lipinski definition) is 0. The SMILES string of the molecule is c1ccc(-c2ccc(-n3c4ccc5c6ccccc6n(-c6cc7c8c(cccc8c6)-c6ccccc6-7)c5c4c4ccc5oc6ccccc6c5c43)cc2)cc1. The van der Waals surface area contributed by atoms with Crippen LogP contribution in [-0.2, 0) is 0 Å². The molecule has 3 aromatic heterocycles. The fourth-order valence-corrected chi connectivity index (χ4v) is 9.75. The molecule has 0 unspecified atom stereocenters. The van der Waals surface area contributed by atoms with Gasteiger partial charge in [-0.3, -0.25) is 0 Å². The minimum atomic E-state index is 0.891. The van der Waals surface area contributed by atoms with Crippen LogP contribution in [-0.4, -0.2) is 9.13 Å². The zero-order valence-corrected chi connectivity index (χ0v) is 29.6. The lowest BCUT2D eigenvalue weighted by molar-refractivity contribution is 0.669. The van der Waals surface area contributed by atoms with Gasteiger partial charge in [0.25, 0.3) is 0 Å². The Bertz CT molecular complexity index is 3580. The van der Waals surface area contributed by atoms with Crippen LogP contribution in [0.4, 0.5) is 0 Å². The van der Waals surface area contributed by atoms with Gasteiger partial charge in [0.15, 0.2) is 0 Å². The van der Waals surface area contributed by atoms with Crippen molar-refractivity contribution in [3.05, 3.63) is 182 Å². The van der Waals surface area contributed by atoms with Crippen molar-refractivity contribution < 1.29 is 4.42 Å². The smallest absolute Gasteiger partial charge is 0.137 e. The predicted molar refractivity (Wildman–Crippen MR) is 230 cm³/mol. The number of fused-ring (bicyclic) bond motifs is 14. The van der Waals surface area contributed by atoms with Crippen LogP contribution < -0.4 is 0 Å². The molecule has 1 aliphatic carbocycles. The molecule has 0 saturated carbocycles. The molecule has 0 amide bonds. The van der Waals surface area contributed by atoms with Crippen molar-refractivity contribution in [1.29, 1.82) is 0 Å². The fraction of sp³-hybridized carbons (Fsp3) is 0. The highest BCUT2D eigenvalue weighted by Crippen LogP contribution is 2.50. The molecule has 3 heterocycles. The topological polar surface area (TPSA) is 23.0 Å². The van der Waals surface area contributed by atoms with Crippen molar-refractivity contribution in [2.24, 2.45) is 0 Å². The van der Waals surface area contributed by atoms with Crippen molar-refractivity contribution in [3.63, 3.8) is 0 Å². The molecule has 0 aliphatic heterocycles. The molecule has 0 spiro atoms. The van der Waals surface area contributed by atoms with E-state index in [0.29, 0.717) is 0 Å². The van der Waals surface area contributed by atoms with Crippen LogP contribution in [0, 0.1) is 0 Å². The minimum absolute atomic E-state index is 0.891. The van der Waals surface area contributed by atoms with Crippen LogP contribution in [0.25, 0.3) is 121 Å². The zero-order chi connectivity index (χ0) is 35.8. The fourth-order valence-electron chi connectivity index (χ4n) is 9.75. The van der Waals surface area contributed by atoms with Crippen LogP contribution in [0.5, 0.6) is 0 Å². The van der Waals surface area contributed by atoms with Gasteiger partial charge in [-0.25, -0.2) is 0 Å². The average Bonchev–Trinajstić information content (AvgIpc) is 3.98. The highest BCUT2D eigenvalue weighted by Gasteiger charge is 2.26. The van der Waals surface area contributed by atoms with E-state index in [1.54, 1.807) is 0 Å². The van der Waals surface area contributed by atoms with Crippen molar-refractivity contribution in [2.75, 3.05) is 0 Å². The van der Waals surface area contributed by atoms with Crippen molar-refractivity contribution >= 4 is 76.3 Å². The van der Waals surface area contributed by atoms with Crippen LogP contribution in [0.1, 0.15) is 0 Å². The Morgan fingerprint density at radius 2 is 1.00 bits per heavy atom. The van der Waals surface area contributed by atoms with Crippen LogP contribution >= 0.6 is 0 Å². The van der Waals surface area contributed by atoms with E-state index in [4.69, 9.17) is 4.42 Å². The number of nitrogens with zero attached hydrogens (tertiary/aromatic N) is 2. The molecule has 1 aliphatic rings. The number of hydrogen-bond acceptors (Lipinski definition) is 1. The maximum Gasteiger partial charge on any atom is 0.137 e. The van der Waals surface area contributed by atoms with Crippen LogP contribution in [0.15, 0.2) is 186 Å². The second-order valence-electron chi connectivity index (χ2n) is 14.8. The summed E-state index contributed by atoms with van der Waals surface area (Å²) in [5.74, 6) is 0. The lowest BCUT2D eigenvalue weighted by Gasteiger charge is -2.13. The van der Waals surface area contributed by atoms with Crippen LogP contribution in [0.2, 0.25) is 0 Å². The first-order valence-corrected chi connectivity index (χ1v) is 18.9. The summed E-state index contributed by atoms with van der Waals surface area (Å²) < 4.78 is 11.5. The predicted octanol–water partition coefficient (Wildman–Crippen LogP) is 14.2. The Morgan fingerprint density at radius 1 is 0.327 bits per heavy atom. The molecule has 0 bridgehead atoms. The van der Waals surface area contributed by atoms with Gasteiger partial charge in [-0.1, -0.05) is 127 Å². The van der Waals surface area contributed by atoms with E-state index in [1.807, 2.05) is 0 Å². The minimum Gasteiger partial charge on any atom is -0.456 e. The Morgan fingerprint density at radius 3 is 1.87 bits per heavy atom. The van der Waals surface area contributed by atoms with E-state index in [2.05, 4.69) is 191 Å². The molecule has 0 saturated heterocycles. The molecule has 254 valence electrons. The van der Waals surface area contributed by atoms with E-state index in [0.717, 1.165) is 44.3 Å². The van der Waals surface area contributed by atoms with Gasteiger partial charge in [-0.05, 0) is 98.8 Å². The third kappa shape index (κ3) is 3.84. The summed E-state index contributed by atoms with van der Waals surface area (Å²) in [4.78, 5) is 0. The van der Waals surface area contributed by atoms with Gasteiger partial charge in [0.05, 0.1) is 27.5 Å². The van der Waals surface area contributed by atoms with Gasteiger partial charge in [-0.2, -0.15) is 0 Å². The number of aromatic nitrogens is 2. The lowest BCUT2D eigenvalue weighted by atomic mass is 10.0. The van der Waals surface area contributed by atoms with E-state index < -0.39 is 0 Å². The summed E-state index contributed by atoms with van der Waals surface area (Å²) in [5, 5.41) is 9.77. The van der Waals surface area contributed by atoms with Gasteiger partial charge >= 0.3 is 0 Å². The molecular formula is C52H30N2O. The highest BCUT2D eigenvalue weighted by atomic mass is 16.3. The van der Waals surface area contributed by atoms with Crippen LogP contribution in [0.3, 0.4) is 0 Å². The van der Waals surface area contributed by atoms with Crippen molar-refractivity contribution in [2.45, 2.75) is 0 Å². The average molecular weight is 699 g/mol. The third-order valence-electron chi connectivity index (χ3n) is 12.0. The van der Waals surface area contributed by atoms with Gasteiger partial charge in [0.2, 0.25) is 0 Å². The Balaban J connectivity index is 1.20. The first-order chi connectivity index (χ1) is 27.3. The summed E-state index contributed by atoms with van der Waals surface area (Å²) in [6.07, 6.45) is 0. The number of para-hydroxylation sites is 2. The molecule has 0 fully saturated rings. The number of furan rings is 1. The van der Waals surface area contributed by atoms with E-state index >= 15 is 0 Å². The highest BCUT2D eigenvalue weighted by molar-refractivity contribution is 6.31. The van der Waals surface area contributed by atoms with E-state index in [1.165, 1.54) is 76.7 Å². The molecule has 0 atom stereocenters. The Hall–Kier alpha value is -7.36. The summed E-state index contributed by atoms with van der Waals surface area (Å²) >= 11 is 0. The maximum absolute atomic E-state index is 6.53. The standard InChI is InChI=1S/C52H30N2O/c1-2-11-31(12-3-1)32-21-23-34(24-22-32)53-45-27-25-40-38-16-6-8-19-44(38)54(35-29-33-13-10-18-39-36-14-4-5-15-37(36)43(30-35)48(33)39)51(40)49(45)42-26-28-47-50(52(42)53)41-17-7-9-20-46(41)55-47/h1-30H. The first kappa shape index (κ1) is 29.1. The lowest BCUT2D eigenvalue weighted by Crippen LogP contribution is -1.96. The van der Waals surface area contributed by atoms with Gasteiger partial charge in [0, 0.05) is 38.3 Å². The Labute approximate surface area is 315 Å². The molecule has 9 aromatic carbocycles. The number of rotatable bonds is 3. The van der Waals surface area contributed by atoms with E-state index in [9.17, 15) is 0 Å². The summed E-state index contributed by atoms with van der Waals surface area (Å²) in [5.41, 5.74) is 16.4. The molecule has 55 heavy (non-hydrogen) atoms. The first-order valence-electron chi connectivity index (χ1n) is 18.9. The summed E-state index contributed by atoms with van der Waals surface area (Å²) in [7, 11) is 0. The summed E-state index contributed by atoms with van der Waals surface area (Å²) in [6.45, 7) is 0. The van der Waals surface area contributed by atoms with Gasteiger partial charge in [0.1, 0.15) is 11.2 Å². The van der Waals surface area contributed by atoms with Gasteiger partial charge in [-0.15, -0.1) is 0 Å². The zero-order valence-electron chi connectivity index (χ0n) is 29.6. The maximum atomic E-state index is 6.53. The second kappa shape index (κ2) is 10.6. The second-order valence-corrected chi connectivity index (χ2v) is 14.8. The molecule has 12 aromatic rings. The summed E-state index contributed by atoms with van der Waals surface area (Å²) in [6, 6.07) is 66.5. The molecular weight excluding hydrogens is 669 g/mol. The number of benzene rings is 9. The third-order valence-corrected chi connectivity index (χ3v) is 12.0. The van der Waals surface area contributed by atoms with Crippen molar-refractivity contribution in [3.8, 4) is 44.8 Å². The molecule has 3 heteroatoms. The van der Waals surface area contributed by atoms with Gasteiger partial charge < -0.3 is 13.6 Å². The largest absolute Gasteiger partial charge is 0.456 e. The van der Waals surface area contributed by atoms with E-state index in [-0.39, 0.29) is 0 Å². The van der Waals surface area contributed by atoms with Crippen molar-refractivity contribution in [1.82, 2.24) is 9.13 Å². The molecule has 3 nitrogen and oxygen atoms in total. The molecule has 0 radical (unpaired) electrons. The molecule has 0 N–H and O–H groups in total. The molecule has 13 rings (SSSR count). The Kier molecular flexibility index (Phi) is 5.63. The normalized spacial score (nSPS) is 12.4. The quantitative estimate of drug-likeness (QED) is 0.180. The monoisotopic (exact) mass is 698 g/mol.